The molecule has 7 heteroatoms. The smallest absolute Gasteiger partial charge is 0.250 e. The van der Waals surface area contributed by atoms with Gasteiger partial charge in [-0.3, -0.25) is 4.79 Å². The number of nitrogens with one attached hydrogen (secondary N) is 1. The first-order chi connectivity index (χ1) is 11.6. The van der Waals surface area contributed by atoms with Gasteiger partial charge in [-0.25, -0.2) is 0 Å². The third-order valence-electron chi connectivity index (χ3n) is 4.59. The summed E-state index contributed by atoms with van der Waals surface area (Å²) in [5.74, 6) is -0.0803. The molecule has 0 atom stereocenters. The van der Waals surface area contributed by atoms with E-state index in [-0.39, 0.29) is 4.75 Å². The highest BCUT2D eigenvalue weighted by Crippen LogP contribution is 2.48. The Balaban J connectivity index is 1.80. The van der Waals surface area contributed by atoms with Crippen LogP contribution < -0.4 is 10.2 Å². The lowest BCUT2D eigenvalue weighted by atomic mass is 9.84. The number of ketones is 1. The van der Waals surface area contributed by atoms with Gasteiger partial charge in [0.05, 0.1) is 20.3 Å². The minimum absolute atomic E-state index is 0.234. The molecule has 1 aliphatic carbocycles. The Morgan fingerprint density at radius 3 is 2.38 bits per heavy atom. The van der Waals surface area contributed by atoms with Gasteiger partial charge in [0.1, 0.15) is 11.5 Å². The first-order valence-corrected chi connectivity index (χ1v) is 8.94. The van der Waals surface area contributed by atoms with E-state index in [2.05, 4.69) is 5.48 Å². The molecule has 1 heterocycles. The maximum atomic E-state index is 11.7. The Bertz CT molecular complexity index is 561. The van der Waals surface area contributed by atoms with E-state index in [1.165, 1.54) is 0 Å². The number of hydroxylamine groups is 1. The van der Waals surface area contributed by atoms with Crippen LogP contribution in [0.25, 0.3) is 0 Å². The summed E-state index contributed by atoms with van der Waals surface area (Å²) >= 11 is 1.72. The van der Waals surface area contributed by atoms with Crippen LogP contribution in [0.3, 0.4) is 0 Å². The van der Waals surface area contributed by atoms with E-state index in [0.29, 0.717) is 38.3 Å². The second kappa shape index (κ2) is 7.41. The summed E-state index contributed by atoms with van der Waals surface area (Å²) in [6.07, 6.45) is 3.03. The molecule has 2 fully saturated rings. The lowest BCUT2D eigenvalue weighted by Crippen LogP contribution is -2.51. The third kappa shape index (κ3) is 3.92. The van der Waals surface area contributed by atoms with Gasteiger partial charge in [0.25, 0.3) is 5.91 Å². The van der Waals surface area contributed by atoms with Crippen molar-refractivity contribution in [1.29, 1.82) is 0 Å². The van der Waals surface area contributed by atoms with Crippen LogP contribution in [0.2, 0.25) is 0 Å². The number of hydrogen-bond donors (Lipinski definition) is 2. The van der Waals surface area contributed by atoms with Gasteiger partial charge >= 0.3 is 0 Å². The van der Waals surface area contributed by atoms with Crippen LogP contribution in [0.4, 0.5) is 0 Å². The monoisotopic (exact) mass is 353 g/mol. The maximum Gasteiger partial charge on any atom is 0.250 e. The lowest BCUT2D eigenvalue weighted by Gasteiger charge is -2.41. The Kier molecular flexibility index (Phi) is 5.46. The number of benzene rings is 1. The molecule has 6 nitrogen and oxygen atoms in total. The van der Waals surface area contributed by atoms with E-state index in [9.17, 15) is 10.0 Å². The number of carbonyl (C=O) groups excluding carboxylic acids is 1. The van der Waals surface area contributed by atoms with E-state index < -0.39 is 5.91 Å². The lowest BCUT2D eigenvalue weighted by molar-refractivity contribution is -0.243. The molecule has 1 aromatic rings. The van der Waals surface area contributed by atoms with E-state index in [0.717, 1.165) is 23.5 Å². The van der Waals surface area contributed by atoms with Crippen molar-refractivity contribution < 1.29 is 24.2 Å². The molecule has 2 N–H and O–H groups in total. The summed E-state index contributed by atoms with van der Waals surface area (Å²) in [5, 5.41) is 9.56. The van der Waals surface area contributed by atoms with Crippen LogP contribution in [0.15, 0.2) is 29.2 Å². The fraction of sp³-hybridized carbons (Fsp3) is 0.588. The molecular weight excluding hydrogens is 330 g/mol. The maximum absolute atomic E-state index is 11.7. The summed E-state index contributed by atoms with van der Waals surface area (Å²) in [5.41, 5.74) is 2.20. The summed E-state index contributed by atoms with van der Waals surface area (Å²) in [6.45, 7) is 0.881. The van der Waals surface area contributed by atoms with Crippen molar-refractivity contribution in [1.82, 2.24) is 5.48 Å². The molecule has 0 spiro atoms. The van der Waals surface area contributed by atoms with Crippen LogP contribution in [0.1, 0.15) is 32.1 Å². The molecule has 0 bridgehead atoms. The van der Waals surface area contributed by atoms with Crippen molar-refractivity contribution in [3.8, 4) is 5.75 Å². The molecule has 1 aromatic carbocycles. The number of Topliss-reactive ketones (excluding diaryl/α,β-unsaturated/α-hetero) is 1. The second-order valence-corrected chi connectivity index (χ2v) is 7.78. The van der Waals surface area contributed by atoms with Crippen LogP contribution >= 0.6 is 11.8 Å². The van der Waals surface area contributed by atoms with Gasteiger partial charge in [-0.1, -0.05) is 0 Å². The fourth-order valence-electron chi connectivity index (χ4n) is 3.28. The van der Waals surface area contributed by atoms with E-state index in [4.69, 9.17) is 14.2 Å². The van der Waals surface area contributed by atoms with Crippen molar-refractivity contribution in [3.63, 3.8) is 0 Å². The van der Waals surface area contributed by atoms with Crippen LogP contribution in [0, 0.1) is 0 Å². The molecule has 1 aliphatic heterocycles. The van der Waals surface area contributed by atoms with Gasteiger partial charge in [0.2, 0.25) is 0 Å². The molecule has 3 rings (SSSR count). The largest absolute Gasteiger partial charge is 0.497 e. The minimum atomic E-state index is -1.18. The quantitative estimate of drug-likeness (QED) is 0.762. The van der Waals surface area contributed by atoms with Gasteiger partial charge < -0.3 is 19.4 Å². The average Bonchev–Trinajstić information content (AvgIpc) is 3.07. The Morgan fingerprint density at radius 2 is 1.83 bits per heavy atom. The molecule has 0 radical (unpaired) electrons. The zero-order valence-corrected chi connectivity index (χ0v) is 14.6. The SMILES string of the molecule is COc1ccc(SC2(CC3(NO)OCCO3)CCC(=O)CC2)cc1. The molecule has 2 aliphatic rings. The number of ether oxygens (including phenoxy) is 3. The van der Waals surface area contributed by atoms with Gasteiger partial charge in [-0.05, 0) is 37.1 Å². The highest BCUT2D eigenvalue weighted by atomic mass is 32.2. The van der Waals surface area contributed by atoms with E-state index in [1.54, 1.807) is 18.9 Å². The van der Waals surface area contributed by atoms with E-state index >= 15 is 0 Å². The summed E-state index contributed by atoms with van der Waals surface area (Å²) < 4.78 is 16.2. The highest BCUT2D eigenvalue weighted by molar-refractivity contribution is 8.00. The molecular formula is C17H23NO5S. The highest BCUT2D eigenvalue weighted by Gasteiger charge is 2.47. The zero-order valence-electron chi connectivity index (χ0n) is 13.7. The number of methoxy groups -OCH3 is 1. The standard InChI is InChI=1S/C17H23NO5S/c1-21-14-2-4-15(5-3-14)24-16(8-6-13(19)7-9-16)12-17(18-20)22-10-11-23-17/h2-5,18,20H,6-12H2,1H3. The Hall–Kier alpha value is -1.12. The average molecular weight is 353 g/mol. The first-order valence-electron chi connectivity index (χ1n) is 8.13. The molecule has 0 amide bonds. The predicted molar refractivity (Wildman–Crippen MR) is 89.2 cm³/mol. The predicted octanol–water partition coefficient (Wildman–Crippen LogP) is 2.74. The van der Waals surface area contributed by atoms with Crippen molar-refractivity contribution in [2.45, 2.75) is 47.7 Å². The molecule has 24 heavy (non-hydrogen) atoms. The Labute approximate surface area is 145 Å². The molecule has 0 aromatic heterocycles. The fourth-order valence-corrected chi connectivity index (χ4v) is 4.72. The number of hydrogen-bond acceptors (Lipinski definition) is 7. The van der Waals surface area contributed by atoms with Crippen molar-refractivity contribution in [2.24, 2.45) is 0 Å². The molecule has 1 saturated carbocycles. The van der Waals surface area contributed by atoms with Gasteiger partial charge in [-0.15, -0.1) is 17.2 Å². The molecule has 1 saturated heterocycles. The minimum Gasteiger partial charge on any atom is -0.497 e. The van der Waals surface area contributed by atoms with Crippen LogP contribution in [-0.4, -0.2) is 42.0 Å². The van der Waals surface area contributed by atoms with Crippen LogP contribution in [-0.2, 0) is 14.3 Å². The number of rotatable bonds is 6. The summed E-state index contributed by atoms with van der Waals surface area (Å²) in [7, 11) is 1.64. The van der Waals surface area contributed by atoms with Crippen molar-refractivity contribution in [2.75, 3.05) is 20.3 Å². The number of carbonyl (C=O) groups is 1. The topological polar surface area (TPSA) is 77.0 Å². The second-order valence-electron chi connectivity index (χ2n) is 6.24. The normalized spacial score (nSPS) is 22.5. The zero-order chi connectivity index (χ0) is 17.0. The van der Waals surface area contributed by atoms with Crippen molar-refractivity contribution >= 4 is 17.5 Å². The first kappa shape index (κ1) is 17.7. The summed E-state index contributed by atoms with van der Waals surface area (Å²) in [6, 6.07) is 7.87. The van der Waals surface area contributed by atoms with Crippen LogP contribution in [0.5, 0.6) is 5.75 Å². The number of thioether (sulfide) groups is 1. The molecule has 132 valence electrons. The molecule has 0 unspecified atom stereocenters. The van der Waals surface area contributed by atoms with Gasteiger partial charge in [0.15, 0.2) is 0 Å². The Morgan fingerprint density at radius 1 is 1.21 bits per heavy atom. The summed E-state index contributed by atoms with van der Waals surface area (Å²) in [4.78, 5) is 12.8. The van der Waals surface area contributed by atoms with Gasteiger partial charge in [-0.2, -0.15) is 0 Å². The third-order valence-corrected chi connectivity index (χ3v) is 6.09. The van der Waals surface area contributed by atoms with Crippen molar-refractivity contribution in [3.05, 3.63) is 24.3 Å². The van der Waals surface area contributed by atoms with E-state index in [1.807, 2.05) is 24.3 Å². The van der Waals surface area contributed by atoms with Gasteiger partial charge in [0, 0.05) is 28.9 Å².